The van der Waals surface area contributed by atoms with Crippen molar-refractivity contribution in [2.45, 2.75) is 20.8 Å². The normalized spacial score (nSPS) is 10.9. The molecule has 3 aromatic carbocycles. The van der Waals surface area contributed by atoms with Crippen LogP contribution in [0, 0.1) is 37.9 Å². The maximum Gasteiger partial charge on any atom is 0.250 e. The molecule has 36 heavy (non-hydrogen) atoms. The van der Waals surface area contributed by atoms with Gasteiger partial charge >= 0.3 is 0 Å². The third kappa shape index (κ3) is 4.34. The predicted molar refractivity (Wildman–Crippen MR) is 137 cm³/mol. The second-order valence-corrected chi connectivity index (χ2v) is 8.72. The predicted octanol–water partition coefficient (Wildman–Crippen LogP) is 6.50. The number of nitriles is 1. The molecular weight excluding hydrogens is 455 g/mol. The van der Waals surface area contributed by atoms with Crippen LogP contribution < -0.4 is 10.1 Å². The molecular formula is C28H23FN6O. The Kier molecular flexibility index (Phi) is 5.82. The van der Waals surface area contributed by atoms with Crippen molar-refractivity contribution in [1.29, 1.82) is 5.26 Å². The third-order valence-corrected chi connectivity index (χ3v) is 5.90. The minimum absolute atomic E-state index is 0.256. The summed E-state index contributed by atoms with van der Waals surface area (Å²) >= 11 is 0. The maximum absolute atomic E-state index is 14.6. The van der Waals surface area contributed by atoms with E-state index in [0.29, 0.717) is 39.9 Å². The average molecular weight is 479 g/mol. The van der Waals surface area contributed by atoms with Crippen molar-refractivity contribution in [3.63, 3.8) is 0 Å². The van der Waals surface area contributed by atoms with Gasteiger partial charge in [-0.3, -0.25) is 0 Å². The van der Waals surface area contributed by atoms with Crippen molar-refractivity contribution in [2.75, 3.05) is 5.32 Å². The van der Waals surface area contributed by atoms with Crippen LogP contribution in [0.25, 0.3) is 22.3 Å². The van der Waals surface area contributed by atoms with E-state index in [0.717, 1.165) is 27.9 Å². The van der Waals surface area contributed by atoms with Crippen LogP contribution in [0.15, 0.2) is 60.9 Å². The van der Waals surface area contributed by atoms with Gasteiger partial charge in [0.15, 0.2) is 11.2 Å². The minimum Gasteiger partial charge on any atom is -0.436 e. The van der Waals surface area contributed by atoms with Gasteiger partial charge in [-0.05, 0) is 85.5 Å². The zero-order chi connectivity index (χ0) is 25.4. The summed E-state index contributed by atoms with van der Waals surface area (Å²) in [6, 6.07) is 18.1. The van der Waals surface area contributed by atoms with E-state index in [1.165, 1.54) is 6.07 Å². The van der Waals surface area contributed by atoms with Crippen LogP contribution >= 0.6 is 0 Å². The smallest absolute Gasteiger partial charge is 0.250 e. The first-order valence-corrected chi connectivity index (χ1v) is 11.3. The number of aromatic nitrogens is 4. The number of hydrogen-bond acceptors (Lipinski definition) is 6. The molecule has 0 aliphatic rings. The molecule has 5 aromatic rings. The lowest BCUT2D eigenvalue weighted by atomic mass is 9.98. The number of ether oxygens (including phenoxy) is 1. The number of nitrogens with zero attached hydrogens (tertiary/aromatic N) is 5. The SMILES string of the molecule is Cc1ccc(-c2cc(C)c(Oc3nc(Nc4ccc(C#N)cc4)nc4ncn(C)c34)c(C)c2)c(F)c1. The van der Waals surface area contributed by atoms with Crippen molar-refractivity contribution in [3.8, 4) is 28.8 Å². The van der Waals surface area contributed by atoms with Crippen molar-refractivity contribution >= 4 is 22.8 Å². The van der Waals surface area contributed by atoms with Crippen molar-refractivity contribution in [1.82, 2.24) is 19.5 Å². The van der Waals surface area contributed by atoms with Crippen LogP contribution in [-0.4, -0.2) is 19.5 Å². The quantitative estimate of drug-likeness (QED) is 0.310. The summed E-state index contributed by atoms with van der Waals surface area (Å²) in [7, 11) is 1.85. The fraction of sp³-hybridized carbons (Fsp3) is 0.143. The Hall–Kier alpha value is -4.77. The lowest BCUT2D eigenvalue weighted by Crippen LogP contribution is -2.03. The maximum atomic E-state index is 14.6. The number of aryl methyl sites for hydroxylation is 4. The first-order valence-electron chi connectivity index (χ1n) is 11.3. The highest BCUT2D eigenvalue weighted by molar-refractivity contribution is 5.79. The average Bonchev–Trinajstić information content (AvgIpc) is 3.22. The molecule has 7 nitrogen and oxygen atoms in total. The minimum atomic E-state index is -0.256. The van der Waals surface area contributed by atoms with Crippen LogP contribution in [0.3, 0.4) is 0 Å². The van der Waals surface area contributed by atoms with Gasteiger partial charge in [0.1, 0.15) is 11.6 Å². The molecule has 2 heterocycles. The monoisotopic (exact) mass is 478 g/mol. The molecule has 5 rings (SSSR count). The molecule has 0 unspecified atom stereocenters. The van der Waals surface area contributed by atoms with Crippen LogP contribution in [-0.2, 0) is 7.05 Å². The van der Waals surface area contributed by atoms with E-state index in [1.54, 1.807) is 41.2 Å². The van der Waals surface area contributed by atoms with Gasteiger partial charge in [-0.1, -0.05) is 12.1 Å². The van der Waals surface area contributed by atoms with Gasteiger partial charge in [0.05, 0.1) is 18.0 Å². The molecule has 0 saturated carbocycles. The number of benzene rings is 3. The van der Waals surface area contributed by atoms with E-state index >= 15 is 0 Å². The van der Waals surface area contributed by atoms with Gasteiger partial charge in [-0.25, -0.2) is 9.37 Å². The molecule has 0 aliphatic heterocycles. The fourth-order valence-electron chi connectivity index (χ4n) is 4.12. The molecule has 0 bridgehead atoms. The van der Waals surface area contributed by atoms with Crippen LogP contribution in [0.1, 0.15) is 22.3 Å². The van der Waals surface area contributed by atoms with Gasteiger partial charge in [0, 0.05) is 18.3 Å². The first kappa shape index (κ1) is 23.0. The van der Waals surface area contributed by atoms with E-state index in [2.05, 4.69) is 26.3 Å². The number of fused-ring (bicyclic) bond motifs is 1. The Bertz CT molecular complexity index is 1630. The molecule has 8 heteroatoms. The van der Waals surface area contributed by atoms with E-state index in [9.17, 15) is 4.39 Å². The molecule has 0 fully saturated rings. The molecule has 2 aromatic heterocycles. The second-order valence-electron chi connectivity index (χ2n) is 8.72. The Morgan fingerprint density at radius 1 is 0.972 bits per heavy atom. The summed E-state index contributed by atoms with van der Waals surface area (Å²) in [5, 5.41) is 12.2. The number of hydrogen-bond donors (Lipinski definition) is 1. The molecule has 178 valence electrons. The summed E-state index contributed by atoms with van der Waals surface area (Å²) in [6.07, 6.45) is 1.65. The number of rotatable bonds is 5. The van der Waals surface area contributed by atoms with Gasteiger partial charge < -0.3 is 14.6 Å². The molecule has 0 amide bonds. The highest BCUT2D eigenvalue weighted by Gasteiger charge is 2.18. The summed E-state index contributed by atoms with van der Waals surface area (Å²) < 4.78 is 22.8. The van der Waals surface area contributed by atoms with Crippen molar-refractivity contribution < 1.29 is 9.13 Å². The van der Waals surface area contributed by atoms with Crippen LogP contribution in [0.5, 0.6) is 11.6 Å². The molecule has 0 aliphatic carbocycles. The van der Waals surface area contributed by atoms with Crippen LogP contribution in [0.2, 0.25) is 0 Å². The molecule has 0 saturated heterocycles. The van der Waals surface area contributed by atoms with Gasteiger partial charge in [0.25, 0.3) is 5.88 Å². The zero-order valence-electron chi connectivity index (χ0n) is 20.3. The highest BCUT2D eigenvalue weighted by Crippen LogP contribution is 2.36. The Morgan fingerprint density at radius 2 is 1.69 bits per heavy atom. The van der Waals surface area contributed by atoms with Gasteiger partial charge in [-0.2, -0.15) is 15.2 Å². The van der Waals surface area contributed by atoms with E-state index in [4.69, 9.17) is 10.00 Å². The Labute approximate surface area is 207 Å². The highest BCUT2D eigenvalue weighted by atomic mass is 19.1. The summed E-state index contributed by atoms with van der Waals surface area (Å²) in [4.78, 5) is 13.5. The van der Waals surface area contributed by atoms with Gasteiger partial charge in [-0.15, -0.1) is 0 Å². The molecule has 0 radical (unpaired) electrons. The summed E-state index contributed by atoms with van der Waals surface area (Å²) in [5.74, 6) is 1.04. The Balaban J connectivity index is 1.53. The Morgan fingerprint density at radius 3 is 2.36 bits per heavy atom. The largest absolute Gasteiger partial charge is 0.436 e. The summed E-state index contributed by atoms with van der Waals surface area (Å²) in [6.45, 7) is 5.72. The van der Waals surface area contributed by atoms with Crippen LogP contribution in [0.4, 0.5) is 16.0 Å². The number of nitrogens with one attached hydrogen (secondary N) is 1. The van der Waals surface area contributed by atoms with E-state index in [1.807, 2.05) is 46.0 Å². The number of imidazole rings is 1. The third-order valence-electron chi connectivity index (χ3n) is 5.90. The number of anilines is 2. The lowest BCUT2D eigenvalue weighted by Gasteiger charge is -2.15. The first-order chi connectivity index (χ1) is 17.3. The zero-order valence-corrected chi connectivity index (χ0v) is 20.3. The number of halogens is 1. The summed E-state index contributed by atoms with van der Waals surface area (Å²) in [5.41, 5.74) is 6.31. The van der Waals surface area contributed by atoms with E-state index in [-0.39, 0.29) is 5.82 Å². The van der Waals surface area contributed by atoms with Crippen molar-refractivity contribution in [2.24, 2.45) is 7.05 Å². The van der Waals surface area contributed by atoms with Gasteiger partial charge in [0.2, 0.25) is 5.95 Å². The van der Waals surface area contributed by atoms with E-state index < -0.39 is 0 Å². The topological polar surface area (TPSA) is 88.7 Å². The lowest BCUT2D eigenvalue weighted by molar-refractivity contribution is 0.459. The standard InChI is InChI=1S/C28H23FN6O/c1-16-5-10-22(23(29)11-16)20-12-17(2)25(18(3)13-20)36-27-24-26(31-15-35(24)4)33-28(34-27)32-21-8-6-19(14-30)7-9-21/h5-13,15H,1-4H3,(H,32,33,34). The fourth-order valence-corrected chi connectivity index (χ4v) is 4.12. The second kappa shape index (κ2) is 9.12. The van der Waals surface area contributed by atoms with Crippen molar-refractivity contribution in [3.05, 3.63) is 89.0 Å². The molecule has 1 N–H and O–H groups in total. The molecule has 0 atom stereocenters. The molecule has 0 spiro atoms.